The second-order valence-corrected chi connectivity index (χ2v) is 13.1. The molecule has 4 heterocycles. The number of carbonyl (C=O) groups is 1. The minimum Gasteiger partial charge on any atom is -0.384 e. The number of hydrogen-bond donors (Lipinski definition) is 2. The number of nitrogens with zero attached hydrogens (tertiary/aromatic N) is 3. The number of pyridine rings is 1. The van der Waals surface area contributed by atoms with E-state index in [0.29, 0.717) is 35.6 Å². The van der Waals surface area contributed by atoms with Crippen LogP contribution in [0.15, 0.2) is 65.7 Å². The maximum atomic E-state index is 13.3. The van der Waals surface area contributed by atoms with Crippen LogP contribution in [0.1, 0.15) is 61.9 Å². The molecule has 1 saturated carbocycles. The molecule has 5 rings (SSSR count). The molecule has 2 aromatic rings. The van der Waals surface area contributed by atoms with Crippen molar-refractivity contribution < 1.29 is 13.2 Å². The van der Waals surface area contributed by atoms with E-state index in [2.05, 4.69) is 39.2 Å². The number of sulfone groups is 1. The van der Waals surface area contributed by atoms with Gasteiger partial charge in [-0.1, -0.05) is 25.5 Å². The van der Waals surface area contributed by atoms with Crippen LogP contribution in [0.4, 0.5) is 0 Å². The Labute approximate surface area is 225 Å². The monoisotopic (exact) mass is 535 g/mol. The van der Waals surface area contributed by atoms with Crippen LogP contribution >= 0.6 is 0 Å². The molecule has 1 aliphatic carbocycles. The van der Waals surface area contributed by atoms with Crippen molar-refractivity contribution in [2.24, 2.45) is 10.9 Å². The van der Waals surface area contributed by atoms with E-state index in [4.69, 9.17) is 4.99 Å². The van der Waals surface area contributed by atoms with Gasteiger partial charge in [-0.25, -0.2) is 13.4 Å². The molecule has 202 valence electrons. The van der Waals surface area contributed by atoms with E-state index in [9.17, 15) is 13.2 Å². The van der Waals surface area contributed by atoms with Crippen LogP contribution in [0.5, 0.6) is 0 Å². The molecule has 8 nitrogen and oxygen atoms in total. The maximum Gasteiger partial charge on any atom is 0.274 e. The summed E-state index contributed by atoms with van der Waals surface area (Å²) in [5.41, 5.74) is 4.10. The van der Waals surface area contributed by atoms with Gasteiger partial charge in [0.25, 0.3) is 5.91 Å². The van der Waals surface area contributed by atoms with Crippen LogP contribution in [0.2, 0.25) is 0 Å². The van der Waals surface area contributed by atoms with Gasteiger partial charge in [-0.3, -0.25) is 9.79 Å². The van der Waals surface area contributed by atoms with Gasteiger partial charge < -0.3 is 15.2 Å². The maximum absolute atomic E-state index is 13.3. The molecular weight excluding hydrogens is 498 g/mol. The molecule has 0 radical (unpaired) electrons. The molecule has 0 saturated heterocycles. The fraction of sp³-hybridized carbons (Fsp3) is 0.483. The number of amides is 1. The smallest absolute Gasteiger partial charge is 0.274 e. The molecule has 9 heteroatoms. The highest BCUT2D eigenvalue weighted by atomic mass is 32.2. The van der Waals surface area contributed by atoms with Gasteiger partial charge in [0.15, 0.2) is 0 Å². The Hall–Kier alpha value is -3.20. The van der Waals surface area contributed by atoms with Crippen LogP contribution in [-0.2, 0) is 16.4 Å². The van der Waals surface area contributed by atoms with Crippen molar-refractivity contribution in [1.82, 2.24) is 20.2 Å². The Bertz CT molecular complexity index is 1370. The van der Waals surface area contributed by atoms with Gasteiger partial charge in [-0.05, 0) is 68.7 Å². The molecule has 4 bridgehead atoms. The Kier molecular flexibility index (Phi) is 7.83. The lowest BCUT2D eigenvalue weighted by atomic mass is 9.84. The van der Waals surface area contributed by atoms with E-state index < -0.39 is 9.84 Å². The third kappa shape index (κ3) is 6.09. The minimum absolute atomic E-state index is 0.118. The predicted molar refractivity (Wildman–Crippen MR) is 151 cm³/mol. The van der Waals surface area contributed by atoms with Crippen molar-refractivity contribution in [3.8, 4) is 11.3 Å². The molecule has 1 unspecified atom stereocenters. The third-order valence-corrected chi connectivity index (χ3v) is 9.60. The SMILES string of the molecule is C=C1NCCCCCCn2ccc(c2)-c2cccc(n2)C(=O)NC2=CC(C3CCC(S(C)(=O)=O)CC3)N=C12. The summed E-state index contributed by atoms with van der Waals surface area (Å²) in [6.07, 6.45) is 14.8. The second-order valence-electron chi connectivity index (χ2n) is 10.7. The summed E-state index contributed by atoms with van der Waals surface area (Å²) in [4.78, 5) is 23.0. The van der Waals surface area contributed by atoms with Crippen molar-refractivity contribution in [2.75, 3.05) is 12.8 Å². The number of aromatic nitrogens is 2. The van der Waals surface area contributed by atoms with Crippen molar-refractivity contribution in [3.63, 3.8) is 0 Å². The fourth-order valence-electron chi connectivity index (χ4n) is 5.68. The number of aliphatic imine (C=N–C) groups is 1. The standard InChI is InChI=1S/C29H37N5O3S/c1-20-28-27(18-26(32-28)21-10-12-23(13-11-21)38(2,36)37)33-29(35)25-9-7-8-24(31-25)22-14-17-34(19-22)16-6-4-3-5-15-30-20/h7-9,14,17-19,21,23,26,30H,1,3-6,10-13,15-16H2,2H3,(H,33,35). The first-order valence-corrected chi connectivity index (χ1v) is 15.6. The van der Waals surface area contributed by atoms with Crippen LogP contribution in [0, 0.1) is 5.92 Å². The first-order chi connectivity index (χ1) is 18.3. The highest BCUT2D eigenvalue weighted by Gasteiger charge is 2.34. The number of carbonyl (C=O) groups excluding carboxylic acids is 1. The number of aryl methyl sites for hydroxylation is 1. The molecule has 38 heavy (non-hydrogen) atoms. The highest BCUT2D eigenvalue weighted by Crippen LogP contribution is 2.34. The summed E-state index contributed by atoms with van der Waals surface area (Å²) >= 11 is 0. The summed E-state index contributed by atoms with van der Waals surface area (Å²) in [7, 11) is -3.03. The topological polar surface area (TPSA) is 105 Å². The van der Waals surface area contributed by atoms with E-state index in [-0.39, 0.29) is 23.1 Å². The average Bonchev–Trinajstić information content (AvgIpc) is 3.55. The third-order valence-electron chi connectivity index (χ3n) is 7.92. The van der Waals surface area contributed by atoms with E-state index >= 15 is 0 Å². The summed E-state index contributed by atoms with van der Waals surface area (Å²) < 4.78 is 26.2. The van der Waals surface area contributed by atoms with Crippen molar-refractivity contribution in [1.29, 1.82) is 0 Å². The molecule has 1 amide bonds. The number of fused-ring (bicyclic) bond motifs is 6. The molecule has 2 N–H and O–H groups in total. The van der Waals surface area contributed by atoms with Gasteiger partial charge in [0, 0.05) is 37.3 Å². The Morgan fingerprint density at radius 1 is 1.03 bits per heavy atom. The van der Waals surface area contributed by atoms with Crippen LogP contribution in [-0.4, -0.2) is 53.7 Å². The molecule has 0 aromatic carbocycles. The summed E-state index contributed by atoms with van der Waals surface area (Å²) in [5.74, 6) is -0.0575. The normalized spacial score (nSPS) is 25.2. The van der Waals surface area contributed by atoms with Gasteiger partial charge in [0.2, 0.25) is 0 Å². The van der Waals surface area contributed by atoms with Gasteiger partial charge in [-0.2, -0.15) is 0 Å². The molecule has 2 aliphatic heterocycles. The summed E-state index contributed by atoms with van der Waals surface area (Å²) in [6.45, 7) is 5.99. The number of nitrogens with one attached hydrogen (secondary N) is 2. The lowest BCUT2D eigenvalue weighted by Crippen LogP contribution is -2.31. The zero-order valence-corrected chi connectivity index (χ0v) is 22.8. The zero-order valence-electron chi connectivity index (χ0n) is 22.0. The predicted octanol–water partition coefficient (Wildman–Crippen LogP) is 4.27. The van der Waals surface area contributed by atoms with Crippen molar-refractivity contribution in [3.05, 3.63) is 66.4 Å². The van der Waals surface area contributed by atoms with Gasteiger partial charge >= 0.3 is 0 Å². The quantitative estimate of drug-likeness (QED) is 0.598. The summed E-state index contributed by atoms with van der Waals surface area (Å²) in [6, 6.07) is 7.42. The van der Waals surface area contributed by atoms with E-state index in [1.165, 1.54) is 6.26 Å². The Morgan fingerprint density at radius 2 is 1.79 bits per heavy atom. The minimum atomic E-state index is -3.03. The Balaban J connectivity index is 1.39. The number of rotatable bonds is 2. The fourth-order valence-corrected chi connectivity index (χ4v) is 6.81. The van der Waals surface area contributed by atoms with Gasteiger partial charge in [0.1, 0.15) is 21.2 Å². The molecule has 1 fully saturated rings. The summed E-state index contributed by atoms with van der Waals surface area (Å²) in [5, 5.41) is 6.20. The second kappa shape index (κ2) is 11.3. The average molecular weight is 536 g/mol. The Morgan fingerprint density at radius 3 is 2.58 bits per heavy atom. The molecule has 0 spiro atoms. The molecule has 1 atom stereocenters. The highest BCUT2D eigenvalue weighted by molar-refractivity contribution is 7.91. The largest absolute Gasteiger partial charge is 0.384 e. The first kappa shape index (κ1) is 26.4. The van der Waals surface area contributed by atoms with E-state index in [1.807, 2.05) is 24.3 Å². The molecule has 2 aromatic heterocycles. The lowest BCUT2D eigenvalue weighted by molar-refractivity contribution is 0.0963. The van der Waals surface area contributed by atoms with Gasteiger partial charge in [0.05, 0.1) is 28.4 Å². The van der Waals surface area contributed by atoms with Crippen molar-refractivity contribution in [2.45, 2.75) is 69.2 Å². The molecule has 3 aliphatic rings. The van der Waals surface area contributed by atoms with Gasteiger partial charge in [-0.15, -0.1) is 0 Å². The zero-order chi connectivity index (χ0) is 26.7. The van der Waals surface area contributed by atoms with Crippen LogP contribution < -0.4 is 10.6 Å². The number of hydrogen-bond acceptors (Lipinski definition) is 6. The van der Waals surface area contributed by atoms with Crippen molar-refractivity contribution >= 4 is 21.5 Å². The first-order valence-electron chi connectivity index (χ1n) is 13.6. The van der Waals surface area contributed by atoms with E-state index in [1.54, 1.807) is 6.07 Å². The molecular formula is C29H37N5O3S. The van der Waals surface area contributed by atoms with E-state index in [0.717, 1.165) is 62.9 Å². The lowest BCUT2D eigenvalue weighted by Gasteiger charge is -2.29. The van der Waals surface area contributed by atoms with Crippen LogP contribution in [0.25, 0.3) is 11.3 Å². The van der Waals surface area contributed by atoms with Crippen LogP contribution in [0.3, 0.4) is 0 Å².